The van der Waals surface area contributed by atoms with Gasteiger partial charge in [0, 0.05) is 5.02 Å². The van der Waals surface area contributed by atoms with Crippen molar-refractivity contribution in [3.05, 3.63) is 59.1 Å². The summed E-state index contributed by atoms with van der Waals surface area (Å²) >= 11 is 5.88. The Kier molecular flexibility index (Phi) is 7.91. The standard InChI is InChI=1S/C21H29ClN2O2/c1-21(25,13-15-23-14-4-16-24(2)3)17-5-9-19(10-6-17)26-20-11-7-18(22)8-12-20/h5-12,23,25H,4,13-16H2,1-3H3. The molecular weight excluding hydrogens is 348 g/mol. The fourth-order valence-corrected chi connectivity index (χ4v) is 2.77. The van der Waals surface area contributed by atoms with Crippen molar-refractivity contribution >= 4 is 11.6 Å². The predicted molar refractivity (Wildman–Crippen MR) is 108 cm³/mol. The van der Waals surface area contributed by atoms with Crippen LogP contribution in [-0.4, -0.2) is 43.7 Å². The van der Waals surface area contributed by atoms with E-state index < -0.39 is 5.60 Å². The first-order valence-electron chi connectivity index (χ1n) is 8.98. The topological polar surface area (TPSA) is 44.7 Å². The molecule has 0 spiro atoms. The number of nitrogens with zero attached hydrogens (tertiary/aromatic N) is 1. The molecule has 0 saturated carbocycles. The van der Waals surface area contributed by atoms with Crippen LogP contribution in [0.25, 0.3) is 0 Å². The van der Waals surface area contributed by atoms with Crippen molar-refractivity contribution in [1.82, 2.24) is 10.2 Å². The Labute approximate surface area is 161 Å². The van der Waals surface area contributed by atoms with Gasteiger partial charge in [-0.2, -0.15) is 0 Å². The Bertz CT molecular complexity index is 655. The van der Waals surface area contributed by atoms with E-state index in [1.807, 2.05) is 43.3 Å². The molecule has 0 aliphatic rings. The maximum Gasteiger partial charge on any atom is 0.127 e. The second-order valence-electron chi connectivity index (χ2n) is 7.01. The average Bonchev–Trinajstić information content (AvgIpc) is 2.60. The number of hydrogen-bond donors (Lipinski definition) is 2. The lowest BCUT2D eigenvalue weighted by molar-refractivity contribution is 0.0480. The molecule has 0 bridgehead atoms. The van der Waals surface area contributed by atoms with Crippen LogP contribution in [0.4, 0.5) is 0 Å². The summed E-state index contributed by atoms with van der Waals surface area (Å²) in [6.07, 6.45) is 1.76. The molecule has 0 aromatic heterocycles. The van der Waals surface area contributed by atoms with E-state index in [2.05, 4.69) is 24.3 Å². The Morgan fingerprint density at radius 1 is 1.00 bits per heavy atom. The van der Waals surface area contributed by atoms with Gasteiger partial charge in [-0.15, -0.1) is 0 Å². The zero-order valence-electron chi connectivity index (χ0n) is 15.8. The van der Waals surface area contributed by atoms with Crippen LogP contribution >= 0.6 is 11.6 Å². The van der Waals surface area contributed by atoms with E-state index >= 15 is 0 Å². The molecule has 0 heterocycles. The molecule has 4 nitrogen and oxygen atoms in total. The summed E-state index contributed by atoms with van der Waals surface area (Å²) in [5, 5.41) is 14.8. The van der Waals surface area contributed by atoms with Crippen molar-refractivity contribution in [1.29, 1.82) is 0 Å². The molecule has 2 aromatic rings. The van der Waals surface area contributed by atoms with E-state index in [0.29, 0.717) is 11.4 Å². The third-order valence-electron chi connectivity index (χ3n) is 4.27. The minimum Gasteiger partial charge on any atom is -0.457 e. The van der Waals surface area contributed by atoms with Crippen molar-refractivity contribution in [2.45, 2.75) is 25.4 Å². The highest BCUT2D eigenvalue weighted by molar-refractivity contribution is 6.30. The molecule has 2 N–H and O–H groups in total. The van der Waals surface area contributed by atoms with Gasteiger partial charge >= 0.3 is 0 Å². The maximum absolute atomic E-state index is 10.7. The second-order valence-corrected chi connectivity index (χ2v) is 7.45. The molecule has 0 saturated heterocycles. The lowest BCUT2D eigenvalue weighted by Crippen LogP contribution is -2.29. The summed E-state index contributed by atoms with van der Waals surface area (Å²) in [6, 6.07) is 14.8. The zero-order chi connectivity index (χ0) is 19.0. The first-order chi connectivity index (χ1) is 12.4. The third-order valence-corrected chi connectivity index (χ3v) is 4.52. The number of nitrogens with one attached hydrogen (secondary N) is 1. The average molecular weight is 377 g/mol. The van der Waals surface area contributed by atoms with Crippen LogP contribution < -0.4 is 10.1 Å². The van der Waals surface area contributed by atoms with Crippen LogP contribution in [0.15, 0.2) is 48.5 Å². The minimum absolute atomic E-state index is 0.659. The van der Waals surface area contributed by atoms with Crippen LogP contribution in [-0.2, 0) is 5.60 Å². The summed E-state index contributed by atoms with van der Waals surface area (Å²) in [7, 11) is 4.15. The summed E-state index contributed by atoms with van der Waals surface area (Å²) in [5.74, 6) is 1.46. The molecule has 0 aliphatic carbocycles. The Morgan fingerprint density at radius 3 is 2.15 bits per heavy atom. The molecule has 2 rings (SSSR count). The lowest BCUT2D eigenvalue weighted by Gasteiger charge is -2.24. The van der Waals surface area contributed by atoms with Gasteiger partial charge < -0.3 is 20.1 Å². The van der Waals surface area contributed by atoms with E-state index in [-0.39, 0.29) is 0 Å². The monoisotopic (exact) mass is 376 g/mol. The van der Waals surface area contributed by atoms with Gasteiger partial charge in [-0.25, -0.2) is 0 Å². The highest BCUT2D eigenvalue weighted by Crippen LogP contribution is 2.28. The fourth-order valence-electron chi connectivity index (χ4n) is 2.64. The van der Waals surface area contributed by atoms with Gasteiger partial charge in [-0.3, -0.25) is 0 Å². The van der Waals surface area contributed by atoms with Crippen LogP contribution in [0.5, 0.6) is 11.5 Å². The smallest absolute Gasteiger partial charge is 0.127 e. The van der Waals surface area contributed by atoms with Crippen LogP contribution in [0.3, 0.4) is 0 Å². The number of halogens is 1. The van der Waals surface area contributed by atoms with Gasteiger partial charge in [0.25, 0.3) is 0 Å². The highest BCUT2D eigenvalue weighted by atomic mass is 35.5. The molecule has 142 valence electrons. The van der Waals surface area contributed by atoms with Crippen molar-refractivity contribution in [3.63, 3.8) is 0 Å². The van der Waals surface area contributed by atoms with Gasteiger partial charge in [0.1, 0.15) is 11.5 Å². The summed E-state index contributed by atoms with van der Waals surface area (Å²) in [5.41, 5.74) is 0.0175. The van der Waals surface area contributed by atoms with Gasteiger partial charge in [-0.05, 0) is 95.5 Å². The van der Waals surface area contributed by atoms with E-state index in [1.54, 1.807) is 12.1 Å². The van der Waals surface area contributed by atoms with E-state index in [0.717, 1.165) is 43.1 Å². The minimum atomic E-state index is -0.868. The first-order valence-corrected chi connectivity index (χ1v) is 9.36. The largest absolute Gasteiger partial charge is 0.457 e. The van der Waals surface area contributed by atoms with Crippen LogP contribution in [0.2, 0.25) is 5.02 Å². The zero-order valence-corrected chi connectivity index (χ0v) is 16.6. The van der Waals surface area contributed by atoms with Crippen molar-refractivity contribution in [3.8, 4) is 11.5 Å². The van der Waals surface area contributed by atoms with Gasteiger partial charge in [0.15, 0.2) is 0 Å². The second kappa shape index (κ2) is 9.93. The summed E-state index contributed by atoms with van der Waals surface area (Å²) in [4.78, 5) is 2.17. The molecule has 2 aromatic carbocycles. The predicted octanol–water partition coefficient (Wildman–Crippen LogP) is 4.27. The van der Waals surface area contributed by atoms with Crippen LogP contribution in [0.1, 0.15) is 25.3 Å². The summed E-state index contributed by atoms with van der Waals surface area (Å²) in [6.45, 7) is 4.66. The molecule has 0 amide bonds. The fraction of sp³-hybridized carbons (Fsp3) is 0.429. The van der Waals surface area contributed by atoms with Crippen molar-refractivity contribution in [2.24, 2.45) is 0 Å². The third kappa shape index (κ3) is 6.96. The number of benzene rings is 2. The Balaban J connectivity index is 1.82. The quantitative estimate of drug-likeness (QED) is 0.608. The summed E-state index contributed by atoms with van der Waals surface area (Å²) < 4.78 is 5.79. The van der Waals surface area contributed by atoms with Gasteiger partial charge in [0.2, 0.25) is 0 Å². The number of hydrogen-bond acceptors (Lipinski definition) is 4. The molecule has 1 unspecified atom stereocenters. The molecule has 5 heteroatoms. The Morgan fingerprint density at radius 2 is 1.58 bits per heavy atom. The van der Waals surface area contributed by atoms with Gasteiger partial charge in [-0.1, -0.05) is 23.7 Å². The van der Waals surface area contributed by atoms with Crippen molar-refractivity contribution in [2.75, 3.05) is 33.7 Å². The van der Waals surface area contributed by atoms with E-state index in [1.165, 1.54) is 0 Å². The number of rotatable bonds is 10. The Hall–Kier alpha value is -1.59. The molecular formula is C21H29ClN2O2. The molecule has 26 heavy (non-hydrogen) atoms. The van der Waals surface area contributed by atoms with Gasteiger partial charge in [0.05, 0.1) is 5.60 Å². The SMILES string of the molecule is CN(C)CCCNCCC(C)(O)c1ccc(Oc2ccc(Cl)cc2)cc1. The first kappa shape index (κ1) is 20.7. The maximum atomic E-state index is 10.7. The van der Waals surface area contributed by atoms with E-state index in [9.17, 15) is 5.11 Å². The van der Waals surface area contributed by atoms with Crippen LogP contribution in [0, 0.1) is 0 Å². The molecule has 1 atom stereocenters. The highest BCUT2D eigenvalue weighted by Gasteiger charge is 2.22. The normalized spacial score (nSPS) is 13.6. The number of aliphatic hydroxyl groups is 1. The lowest BCUT2D eigenvalue weighted by atomic mass is 9.92. The van der Waals surface area contributed by atoms with Crippen molar-refractivity contribution < 1.29 is 9.84 Å². The molecule has 0 radical (unpaired) electrons. The molecule has 0 fully saturated rings. The molecule has 0 aliphatic heterocycles. The van der Waals surface area contributed by atoms with E-state index in [4.69, 9.17) is 16.3 Å². The number of ether oxygens (including phenoxy) is 1.